The lowest BCUT2D eigenvalue weighted by Crippen LogP contribution is -2.48. The summed E-state index contributed by atoms with van der Waals surface area (Å²) in [5.41, 5.74) is 3.90. The van der Waals surface area contributed by atoms with E-state index in [-0.39, 0.29) is 11.8 Å². The molecule has 0 aromatic heterocycles. The van der Waals surface area contributed by atoms with E-state index in [4.69, 9.17) is 9.47 Å². The second kappa shape index (κ2) is 7.19. The van der Waals surface area contributed by atoms with E-state index in [1.54, 1.807) is 19.1 Å². The Bertz CT molecular complexity index is 940. The van der Waals surface area contributed by atoms with Crippen LogP contribution in [0.3, 0.4) is 0 Å². The van der Waals surface area contributed by atoms with E-state index in [0.717, 1.165) is 17.5 Å². The summed E-state index contributed by atoms with van der Waals surface area (Å²) in [7, 11) is 3.23. The number of benzene rings is 2. The summed E-state index contributed by atoms with van der Waals surface area (Å²) >= 11 is 0. The molecule has 28 heavy (non-hydrogen) atoms. The van der Waals surface area contributed by atoms with Crippen molar-refractivity contribution in [2.24, 2.45) is 0 Å². The van der Waals surface area contributed by atoms with Crippen LogP contribution in [0.25, 0.3) is 0 Å². The quantitative estimate of drug-likeness (QED) is 0.818. The van der Waals surface area contributed by atoms with Gasteiger partial charge in [-0.3, -0.25) is 9.59 Å². The summed E-state index contributed by atoms with van der Waals surface area (Å²) in [6.07, 6.45) is 0.752. The van der Waals surface area contributed by atoms with Gasteiger partial charge in [0, 0.05) is 25.2 Å². The number of rotatable bonds is 4. The van der Waals surface area contributed by atoms with Crippen molar-refractivity contribution in [3.8, 4) is 11.5 Å². The zero-order valence-corrected chi connectivity index (χ0v) is 16.4. The Kier molecular flexibility index (Phi) is 4.71. The topological polar surface area (TPSA) is 59.1 Å². The predicted octanol–water partition coefficient (Wildman–Crippen LogP) is 2.63. The zero-order valence-electron chi connectivity index (χ0n) is 16.4. The lowest BCUT2D eigenvalue weighted by molar-refractivity contribution is -0.136. The fourth-order valence-corrected chi connectivity index (χ4v) is 4.06. The van der Waals surface area contributed by atoms with Crippen molar-refractivity contribution in [3.63, 3.8) is 0 Å². The van der Waals surface area contributed by atoms with Crippen LogP contribution in [0.1, 0.15) is 34.0 Å². The maximum absolute atomic E-state index is 13.1. The maximum atomic E-state index is 13.1. The third-order valence-corrected chi connectivity index (χ3v) is 5.70. The van der Waals surface area contributed by atoms with E-state index < -0.39 is 6.04 Å². The predicted molar refractivity (Wildman–Crippen MR) is 104 cm³/mol. The highest BCUT2D eigenvalue weighted by molar-refractivity contribution is 6.01. The van der Waals surface area contributed by atoms with Gasteiger partial charge in [-0.15, -0.1) is 0 Å². The molecule has 4 rings (SSSR count). The Hall–Kier alpha value is -3.02. The number of methoxy groups -OCH3 is 2. The molecule has 2 aromatic rings. The minimum absolute atomic E-state index is 0.0263. The smallest absolute Gasteiger partial charge is 0.255 e. The molecule has 0 spiro atoms. The number of carbonyl (C=O) groups excluding carboxylic acids is 2. The average molecular weight is 380 g/mol. The van der Waals surface area contributed by atoms with Crippen LogP contribution in [0.4, 0.5) is 0 Å². The molecule has 6 nitrogen and oxygen atoms in total. The normalized spacial score (nSPS) is 16.5. The second-order valence-corrected chi connectivity index (χ2v) is 7.25. The Morgan fingerprint density at radius 3 is 2.36 bits per heavy atom. The van der Waals surface area contributed by atoms with Gasteiger partial charge in [-0.1, -0.05) is 18.2 Å². The van der Waals surface area contributed by atoms with Gasteiger partial charge in [0.25, 0.3) is 5.91 Å². The Balaban J connectivity index is 1.52. The zero-order chi connectivity index (χ0) is 19.8. The van der Waals surface area contributed by atoms with Crippen LogP contribution in [0, 0.1) is 0 Å². The molecule has 2 aliphatic heterocycles. The first-order valence-corrected chi connectivity index (χ1v) is 9.45. The van der Waals surface area contributed by atoms with Crippen molar-refractivity contribution in [1.29, 1.82) is 0 Å². The molecule has 0 saturated heterocycles. The van der Waals surface area contributed by atoms with Gasteiger partial charge >= 0.3 is 0 Å². The lowest BCUT2D eigenvalue weighted by Gasteiger charge is -2.34. The highest BCUT2D eigenvalue weighted by atomic mass is 16.5. The van der Waals surface area contributed by atoms with E-state index >= 15 is 0 Å². The molecule has 2 heterocycles. The number of amides is 2. The van der Waals surface area contributed by atoms with Gasteiger partial charge < -0.3 is 19.3 Å². The summed E-state index contributed by atoms with van der Waals surface area (Å²) in [6, 6.07) is 11.0. The number of carbonyl (C=O) groups is 2. The van der Waals surface area contributed by atoms with E-state index in [0.29, 0.717) is 36.7 Å². The van der Waals surface area contributed by atoms with Crippen molar-refractivity contribution in [3.05, 3.63) is 58.7 Å². The van der Waals surface area contributed by atoms with Crippen molar-refractivity contribution < 1.29 is 19.1 Å². The van der Waals surface area contributed by atoms with Crippen LogP contribution in [-0.2, 0) is 24.3 Å². The van der Waals surface area contributed by atoms with Gasteiger partial charge in [-0.25, -0.2) is 0 Å². The van der Waals surface area contributed by atoms with Crippen LogP contribution < -0.4 is 9.47 Å². The molecular weight excluding hydrogens is 356 g/mol. The molecule has 0 aliphatic carbocycles. The molecule has 0 saturated carbocycles. The van der Waals surface area contributed by atoms with Gasteiger partial charge in [-0.05, 0) is 48.2 Å². The molecule has 0 bridgehead atoms. The SMILES string of the molecule is COc1cc2c(cc1OC)CN(C(=O)[C@H](C)N1Cc3ccccc3C1=O)CC2. The summed E-state index contributed by atoms with van der Waals surface area (Å²) in [6.45, 7) is 3.43. The van der Waals surface area contributed by atoms with Crippen molar-refractivity contribution in [2.75, 3.05) is 20.8 Å². The van der Waals surface area contributed by atoms with E-state index in [1.165, 1.54) is 5.56 Å². The number of hydrogen-bond donors (Lipinski definition) is 0. The van der Waals surface area contributed by atoms with E-state index in [1.807, 2.05) is 48.2 Å². The summed E-state index contributed by atoms with van der Waals surface area (Å²) in [5, 5.41) is 0. The van der Waals surface area contributed by atoms with Crippen LogP contribution in [0.15, 0.2) is 36.4 Å². The molecule has 0 fully saturated rings. The number of nitrogens with zero attached hydrogens (tertiary/aromatic N) is 2. The first-order valence-electron chi connectivity index (χ1n) is 9.45. The molecule has 146 valence electrons. The molecule has 2 aliphatic rings. The molecule has 2 aromatic carbocycles. The van der Waals surface area contributed by atoms with Crippen LogP contribution in [0.2, 0.25) is 0 Å². The number of fused-ring (bicyclic) bond motifs is 2. The lowest BCUT2D eigenvalue weighted by atomic mass is 9.98. The first-order chi connectivity index (χ1) is 13.5. The molecule has 0 N–H and O–H groups in total. The molecule has 1 atom stereocenters. The van der Waals surface area contributed by atoms with Crippen molar-refractivity contribution in [2.45, 2.75) is 32.5 Å². The minimum atomic E-state index is -0.499. The van der Waals surface area contributed by atoms with Gasteiger partial charge in [0.15, 0.2) is 11.5 Å². The minimum Gasteiger partial charge on any atom is -0.493 e. The molecule has 6 heteroatoms. The van der Waals surface area contributed by atoms with Gasteiger partial charge in [0.1, 0.15) is 6.04 Å². The molecule has 0 radical (unpaired) electrons. The van der Waals surface area contributed by atoms with Gasteiger partial charge in [-0.2, -0.15) is 0 Å². The largest absolute Gasteiger partial charge is 0.493 e. The Morgan fingerprint density at radius 1 is 1.00 bits per heavy atom. The molecular formula is C22H24N2O4. The fraction of sp³-hybridized carbons (Fsp3) is 0.364. The maximum Gasteiger partial charge on any atom is 0.255 e. The second-order valence-electron chi connectivity index (χ2n) is 7.25. The van der Waals surface area contributed by atoms with Gasteiger partial charge in [0.2, 0.25) is 5.91 Å². The fourth-order valence-electron chi connectivity index (χ4n) is 4.06. The van der Waals surface area contributed by atoms with Crippen LogP contribution in [-0.4, -0.2) is 48.4 Å². The third-order valence-electron chi connectivity index (χ3n) is 5.70. The molecule has 0 unspecified atom stereocenters. The highest BCUT2D eigenvalue weighted by Gasteiger charge is 2.36. The summed E-state index contributed by atoms with van der Waals surface area (Å²) < 4.78 is 10.8. The standard InChI is InChI=1S/C22H24N2O4/c1-14(24-13-16-6-4-5-7-18(16)22(24)26)21(25)23-9-8-15-10-19(27-2)20(28-3)11-17(15)12-23/h4-7,10-11,14H,8-9,12-13H2,1-3H3/t14-/m0/s1. The van der Waals surface area contributed by atoms with Crippen molar-refractivity contribution in [1.82, 2.24) is 9.80 Å². The number of hydrogen-bond acceptors (Lipinski definition) is 4. The Morgan fingerprint density at radius 2 is 1.68 bits per heavy atom. The van der Waals surface area contributed by atoms with Crippen molar-refractivity contribution >= 4 is 11.8 Å². The summed E-state index contributed by atoms with van der Waals surface area (Å²) in [5.74, 6) is 1.27. The first kappa shape index (κ1) is 18.3. The molecule has 2 amide bonds. The average Bonchev–Trinajstić information content (AvgIpc) is 3.07. The highest BCUT2D eigenvalue weighted by Crippen LogP contribution is 2.34. The summed E-state index contributed by atoms with van der Waals surface area (Å²) in [4.78, 5) is 29.3. The monoisotopic (exact) mass is 380 g/mol. The van der Waals surface area contributed by atoms with Gasteiger partial charge in [0.05, 0.1) is 14.2 Å². The van der Waals surface area contributed by atoms with E-state index in [9.17, 15) is 9.59 Å². The van der Waals surface area contributed by atoms with E-state index in [2.05, 4.69) is 0 Å². The third kappa shape index (κ3) is 2.99. The number of ether oxygens (including phenoxy) is 2. The Labute approximate surface area is 164 Å². The van der Waals surface area contributed by atoms with Crippen LogP contribution in [0.5, 0.6) is 11.5 Å². The van der Waals surface area contributed by atoms with Crippen LogP contribution >= 0.6 is 0 Å².